The molecule has 0 amide bonds. The van der Waals surface area contributed by atoms with E-state index in [0.29, 0.717) is 0 Å². The second kappa shape index (κ2) is 13.9. The molecule has 0 heterocycles. The van der Waals surface area contributed by atoms with E-state index in [1.165, 1.54) is 22.3 Å². The molecule has 2 nitrogen and oxygen atoms in total. The van der Waals surface area contributed by atoms with Gasteiger partial charge in [-0.1, -0.05) is 109 Å². The maximum absolute atomic E-state index is 10.0. The Hall–Kier alpha value is -2.42. The molecule has 1 rings (SSSR count). The molecule has 32 heavy (non-hydrogen) atoms. The maximum Gasteiger partial charge on any atom is 0.0642 e. The van der Waals surface area contributed by atoms with Gasteiger partial charge in [-0.05, 0) is 64.0 Å². The summed E-state index contributed by atoms with van der Waals surface area (Å²) in [5.74, 6) is 0. The molecule has 0 spiro atoms. The van der Waals surface area contributed by atoms with Gasteiger partial charge in [0.05, 0.1) is 12.7 Å². The summed E-state index contributed by atoms with van der Waals surface area (Å²) >= 11 is 0. The molecule has 0 radical (unpaired) electrons. The first-order valence-corrected chi connectivity index (χ1v) is 11.4. The van der Waals surface area contributed by atoms with Gasteiger partial charge in [0.15, 0.2) is 0 Å². The molecule has 174 valence electrons. The van der Waals surface area contributed by atoms with E-state index in [-0.39, 0.29) is 18.1 Å². The molecule has 0 bridgehead atoms. The van der Waals surface area contributed by atoms with E-state index in [1.807, 2.05) is 37.3 Å². The van der Waals surface area contributed by atoms with Gasteiger partial charge in [-0.25, -0.2) is 0 Å². The number of aliphatic hydroxyl groups is 2. The third-order valence-corrected chi connectivity index (χ3v) is 5.53. The zero-order valence-electron chi connectivity index (χ0n) is 21.0. The fourth-order valence-corrected chi connectivity index (χ4v) is 3.74. The van der Waals surface area contributed by atoms with Crippen LogP contribution in [-0.2, 0) is 0 Å². The molecule has 0 unspecified atom stereocenters. The zero-order chi connectivity index (χ0) is 24.1. The topological polar surface area (TPSA) is 40.5 Å². The van der Waals surface area contributed by atoms with Crippen molar-refractivity contribution >= 4 is 0 Å². The largest absolute Gasteiger partial charge is 0.393 e. The van der Waals surface area contributed by atoms with E-state index in [0.717, 1.165) is 24.0 Å². The first-order chi connectivity index (χ1) is 15.0. The van der Waals surface area contributed by atoms with Gasteiger partial charge in [0.25, 0.3) is 0 Å². The molecule has 0 saturated carbocycles. The van der Waals surface area contributed by atoms with E-state index in [9.17, 15) is 5.11 Å². The summed E-state index contributed by atoms with van der Waals surface area (Å²) in [5, 5.41) is 19.0. The van der Waals surface area contributed by atoms with Crippen molar-refractivity contribution in [2.45, 2.75) is 67.4 Å². The maximum atomic E-state index is 10.0. The SMILES string of the molecule is CC(=C/C=C/C(C)=C/C=C/C=C(C)/C=C/C=C(C)/C=C/C1=C(C)C[C@@H](O)CC1(C)C)CO. The molecule has 0 fully saturated rings. The molecule has 2 heteroatoms. The quantitative estimate of drug-likeness (QED) is 0.369. The van der Waals surface area contributed by atoms with Crippen LogP contribution in [0.15, 0.2) is 106 Å². The fourth-order valence-electron chi connectivity index (χ4n) is 3.74. The van der Waals surface area contributed by atoms with Crippen LogP contribution in [0.25, 0.3) is 0 Å². The Kier molecular flexibility index (Phi) is 12.0. The molecule has 1 atom stereocenters. The fraction of sp³-hybridized carbons (Fsp3) is 0.400. The minimum absolute atomic E-state index is 0.0116. The second-order valence-corrected chi connectivity index (χ2v) is 9.48. The minimum Gasteiger partial charge on any atom is -0.393 e. The number of aliphatic hydroxyl groups excluding tert-OH is 2. The molecule has 1 aliphatic rings. The molecule has 0 aromatic heterocycles. The summed E-state index contributed by atoms with van der Waals surface area (Å²) in [4.78, 5) is 0. The molecule has 0 aromatic rings. The van der Waals surface area contributed by atoms with E-state index in [2.05, 4.69) is 84.1 Å². The van der Waals surface area contributed by atoms with Crippen LogP contribution in [-0.4, -0.2) is 22.9 Å². The summed E-state index contributed by atoms with van der Waals surface area (Å²) < 4.78 is 0. The number of rotatable bonds is 9. The second-order valence-electron chi connectivity index (χ2n) is 9.48. The van der Waals surface area contributed by atoms with Crippen molar-refractivity contribution in [1.82, 2.24) is 0 Å². The lowest BCUT2D eigenvalue weighted by molar-refractivity contribution is 0.116. The van der Waals surface area contributed by atoms with Gasteiger partial charge in [-0.15, -0.1) is 0 Å². The number of hydrogen-bond donors (Lipinski definition) is 2. The summed E-state index contributed by atoms with van der Waals surface area (Å²) in [5.41, 5.74) is 7.11. The first-order valence-electron chi connectivity index (χ1n) is 11.4. The first kappa shape index (κ1) is 27.6. The molecule has 2 N–H and O–H groups in total. The lowest BCUT2D eigenvalue weighted by Gasteiger charge is -2.35. The smallest absolute Gasteiger partial charge is 0.0642 e. The predicted octanol–water partition coefficient (Wildman–Crippen LogP) is 7.49. The molecular formula is C30H42O2. The van der Waals surface area contributed by atoms with Gasteiger partial charge in [0, 0.05) is 0 Å². The third-order valence-electron chi connectivity index (χ3n) is 5.53. The van der Waals surface area contributed by atoms with Crippen LogP contribution in [0, 0.1) is 5.41 Å². The zero-order valence-corrected chi connectivity index (χ0v) is 21.0. The van der Waals surface area contributed by atoms with Crippen molar-refractivity contribution < 1.29 is 10.2 Å². The average molecular weight is 435 g/mol. The third kappa shape index (κ3) is 10.7. The monoisotopic (exact) mass is 434 g/mol. The molecule has 0 saturated heterocycles. The number of allylic oxidation sites excluding steroid dienone is 16. The van der Waals surface area contributed by atoms with Crippen molar-refractivity contribution in [3.8, 4) is 0 Å². The Labute approximate surface area is 196 Å². The van der Waals surface area contributed by atoms with Crippen LogP contribution in [0.4, 0.5) is 0 Å². The summed E-state index contributed by atoms with van der Waals surface area (Å²) in [7, 11) is 0. The Morgan fingerprint density at radius 1 is 0.844 bits per heavy atom. The van der Waals surface area contributed by atoms with Crippen LogP contribution >= 0.6 is 0 Å². The van der Waals surface area contributed by atoms with Crippen LogP contribution < -0.4 is 0 Å². The summed E-state index contributed by atoms with van der Waals surface area (Å²) in [6, 6.07) is 0. The van der Waals surface area contributed by atoms with Gasteiger partial charge in [-0.3, -0.25) is 0 Å². The average Bonchev–Trinajstić information content (AvgIpc) is 2.69. The highest BCUT2D eigenvalue weighted by Crippen LogP contribution is 2.41. The van der Waals surface area contributed by atoms with E-state index >= 15 is 0 Å². The van der Waals surface area contributed by atoms with Gasteiger partial charge >= 0.3 is 0 Å². The lowest BCUT2D eigenvalue weighted by Crippen LogP contribution is -2.28. The van der Waals surface area contributed by atoms with Crippen molar-refractivity contribution in [3.05, 3.63) is 106 Å². The van der Waals surface area contributed by atoms with E-state index in [1.54, 1.807) is 0 Å². The highest BCUT2D eigenvalue weighted by atomic mass is 16.3. The van der Waals surface area contributed by atoms with Crippen molar-refractivity contribution in [2.75, 3.05) is 6.61 Å². The van der Waals surface area contributed by atoms with Crippen molar-refractivity contribution in [2.24, 2.45) is 5.41 Å². The van der Waals surface area contributed by atoms with Crippen LogP contribution in [0.2, 0.25) is 0 Å². The van der Waals surface area contributed by atoms with Gasteiger partial charge in [-0.2, -0.15) is 0 Å². The van der Waals surface area contributed by atoms with E-state index in [4.69, 9.17) is 5.11 Å². The number of hydrogen-bond acceptors (Lipinski definition) is 2. The standard InChI is InChI=1S/C30H42O2/c1-23(12-8-9-13-24(2)15-11-17-26(4)22-31)14-10-16-25(3)18-19-29-27(5)20-28(32)21-30(29,6)7/h8-19,28,31-32H,20-22H2,1-7H3/b9-8+,14-10+,15-11+,19-18+,23-12+,24-13+,25-16+,26-17?/t28-/m1/s1. The Morgan fingerprint density at radius 2 is 1.34 bits per heavy atom. The van der Waals surface area contributed by atoms with Crippen LogP contribution in [0.5, 0.6) is 0 Å². The highest BCUT2D eigenvalue weighted by Gasteiger charge is 2.31. The van der Waals surface area contributed by atoms with Gasteiger partial charge in [0.1, 0.15) is 0 Å². The molecule has 0 aromatic carbocycles. The highest BCUT2D eigenvalue weighted by molar-refractivity contribution is 5.38. The van der Waals surface area contributed by atoms with E-state index < -0.39 is 0 Å². The lowest BCUT2D eigenvalue weighted by atomic mass is 9.71. The van der Waals surface area contributed by atoms with Gasteiger partial charge < -0.3 is 10.2 Å². The normalized spacial score (nSPS) is 21.8. The molecule has 0 aliphatic heterocycles. The Balaban J connectivity index is 2.67. The predicted molar refractivity (Wildman–Crippen MR) is 140 cm³/mol. The minimum atomic E-state index is -0.223. The van der Waals surface area contributed by atoms with Crippen LogP contribution in [0.1, 0.15) is 61.3 Å². The Bertz CT molecular complexity index is 893. The Morgan fingerprint density at radius 3 is 1.88 bits per heavy atom. The van der Waals surface area contributed by atoms with Crippen molar-refractivity contribution in [3.63, 3.8) is 0 Å². The summed E-state index contributed by atoms with van der Waals surface area (Å²) in [6.45, 7) is 14.8. The summed E-state index contributed by atoms with van der Waals surface area (Å²) in [6.07, 6.45) is 26.2. The van der Waals surface area contributed by atoms with Crippen LogP contribution in [0.3, 0.4) is 0 Å². The molecular weight excluding hydrogens is 392 g/mol. The van der Waals surface area contributed by atoms with Crippen molar-refractivity contribution in [1.29, 1.82) is 0 Å². The molecule has 1 aliphatic carbocycles. The van der Waals surface area contributed by atoms with Gasteiger partial charge in [0.2, 0.25) is 0 Å².